The van der Waals surface area contributed by atoms with Gasteiger partial charge in [0.15, 0.2) is 0 Å². The van der Waals surface area contributed by atoms with Crippen LogP contribution < -0.4 is 5.32 Å². The molecular weight excluding hydrogens is 260 g/mol. The van der Waals surface area contributed by atoms with Gasteiger partial charge < -0.3 is 20.4 Å². The van der Waals surface area contributed by atoms with Crippen molar-refractivity contribution in [1.29, 1.82) is 0 Å². The van der Waals surface area contributed by atoms with Gasteiger partial charge in [-0.25, -0.2) is 9.59 Å². The Balaban J connectivity index is 2.63. The first-order valence-corrected chi connectivity index (χ1v) is 6.35. The monoisotopic (exact) mass is 280 g/mol. The molecule has 1 rings (SSSR count). The molecule has 20 heavy (non-hydrogen) atoms. The van der Waals surface area contributed by atoms with Gasteiger partial charge in [-0.2, -0.15) is 0 Å². The maximum absolute atomic E-state index is 11.9. The van der Waals surface area contributed by atoms with Crippen molar-refractivity contribution in [3.63, 3.8) is 0 Å². The second kappa shape index (κ2) is 7.49. The summed E-state index contributed by atoms with van der Waals surface area (Å²) in [5.74, 6) is -1.16. The maximum Gasteiger partial charge on any atom is 0.326 e. The number of aliphatic hydroxyl groups excluding tert-OH is 1. The minimum Gasteiger partial charge on any atom is -0.480 e. The van der Waals surface area contributed by atoms with Crippen LogP contribution in [-0.2, 0) is 11.3 Å². The number of carboxylic acids is 1. The number of aryl methyl sites for hydroxylation is 1. The largest absolute Gasteiger partial charge is 0.480 e. The first-order valence-electron chi connectivity index (χ1n) is 6.35. The number of carbonyl (C=O) groups excluding carboxylic acids is 1. The lowest BCUT2D eigenvalue weighted by Crippen LogP contribution is -2.46. The number of aliphatic hydroxyl groups is 1. The van der Waals surface area contributed by atoms with Crippen molar-refractivity contribution in [3.05, 3.63) is 35.4 Å². The molecule has 0 aliphatic heterocycles. The van der Waals surface area contributed by atoms with Crippen molar-refractivity contribution in [2.75, 3.05) is 13.7 Å². The molecule has 6 nitrogen and oxygen atoms in total. The lowest BCUT2D eigenvalue weighted by Gasteiger charge is -2.21. The molecule has 0 aliphatic rings. The molecule has 1 aromatic carbocycles. The lowest BCUT2D eigenvalue weighted by molar-refractivity contribution is -0.139. The van der Waals surface area contributed by atoms with E-state index in [0.29, 0.717) is 6.54 Å². The predicted molar refractivity (Wildman–Crippen MR) is 74.3 cm³/mol. The van der Waals surface area contributed by atoms with E-state index in [9.17, 15) is 9.59 Å². The van der Waals surface area contributed by atoms with Gasteiger partial charge in [0.2, 0.25) is 0 Å². The number of nitrogens with one attached hydrogen (secondary N) is 1. The highest BCUT2D eigenvalue weighted by Gasteiger charge is 2.21. The summed E-state index contributed by atoms with van der Waals surface area (Å²) in [5.41, 5.74) is 2.07. The second-order valence-corrected chi connectivity index (χ2v) is 4.64. The summed E-state index contributed by atoms with van der Waals surface area (Å²) in [5, 5.41) is 20.1. The molecule has 1 unspecified atom stereocenters. The Kier molecular flexibility index (Phi) is 5.99. The van der Waals surface area contributed by atoms with E-state index in [4.69, 9.17) is 10.2 Å². The lowest BCUT2D eigenvalue weighted by atomic mass is 10.1. The first kappa shape index (κ1) is 16.0. The van der Waals surface area contributed by atoms with Gasteiger partial charge in [-0.05, 0) is 18.1 Å². The molecule has 0 aliphatic carbocycles. The summed E-state index contributed by atoms with van der Waals surface area (Å²) in [7, 11) is 1.60. The number of rotatable bonds is 6. The van der Waals surface area contributed by atoms with Crippen molar-refractivity contribution in [3.8, 4) is 0 Å². The summed E-state index contributed by atoms with van der Waals surface area (Å²) >= 11 is 0. The van der Waals surface area contributed by atoms with E-state index in [2.05, 4.69) is 5.32 Å². The van der Waals surface area contributed by atoms with E-state index in [1.165, 1.54) is 4.90 Å². The van der Waals surface area contributed by atoms with Crippen molar-refractivity contribution in [2.45, 2.75) is 25.9 Å². The van der Waals surface area contributed by atoms with Crippen LogP contribution in [0.5, 0.6) is 0 Å². The Hall–Kier alpha value is -2.08. The van der Waals surface area contributed by atoms with Crippen molar-refractivity contribution in [2.24, 2.45) is 0 Å². The quantitative estimate of drug-likeness (QED) is 0.724. The van der Waals surface area contributed by atoms with Crippen LogP contribution in [0.2, 0.25) is 0 Å². The predicted octanol–water partition coefficient (Wildman–Crippen LogP) is 0.972. The Morgan fingerprint density at radius 1 is 1.35 bits per heavy atom. The zero-order valence-electron chi connectivity index (χ0n) is 11.7. The third-order valence-corrected chi connectivity index (χ3v) is 3.03. The van der Waals surface area contributed by atoms with Crippen molar-refractivity contribution < 1.29 is 19.8 Å². The number of hydrogen-bond donors (Lipinski definition) is 3. The Morgan fingerprint density at radius 2 is 2.00 bits per heavy atom. The number of hydrogen-bond acceptors (Lipinski definition) is 3. The molecule has 0 heterocycles. The fraction of sp³-hybridized carbons (Fsp3) is 0.429. The molecule has 1 atom stereocenters. The van der Waals surface area contributed by atoms with Crippen LogP contribution in [0.15, 0.2) is 24.3 Å². The summed E-state index contributed by atoms with van der Waals surface area (Å²) in [6.45, 7) is 2.05. The van der Waals surface area contributed by atoms with Crippen molar-refractivity contribution in [1.82, 2.24) is 10.2 Å². The molecule has 0 saturated carbocycles. The summed E-state index contributed by atoms with van der Waals surface area (Å²) in [6, 6.07) is 6.12. The van der Waals surface area contributed by atoms with Crippen LogP contribution in [0.3, 0.4) is 0 Å². The highest BCUT2D eigenvalue weighted by molar-refractivity contribution is 5.82. The number of urea groups is 1. The molecule has 0 saturated heterocycles. The number of nitrogens with zero attached hydrogens (tertiary/aromatic N) is 1. The van der Waals surface area contributed by atoms with Crippen LogP contribution in [0.4, 0.5) is 4.79 Å². The molecular formula is C14H20N2O4. The third-order valence-electron chi connectivity index (χ3n) is 3.03. The topological polar surface area (TPSA) is 89.9 Å². The molecule has 0 fully saturated rings. The van der Waals surface area contributed by atoms with Crippen LogP contribution in [0, 0.1) is 6.92 Å². The maximum atomic E-state index is 11.9. The summed E-state index contributed by atoms with van der Waals surface area (Å²) in [6.07, 6.45) is -0.0146. The molecule has 0 bridgehead atoms. The standard InChI is InChI=1S/C14H20N2O4/c1-10-5-3-4-6-11(10)9-16(2)14(20)15-12(7-8-17)13(18)19/h3-6,12,17H,7-9H2,1-2H3,(H,15,20)(H,18,19). The van der Waals surface area contributed by atoms with Gasteiger partial charge in [-0.1, -0.05) is 24.3 Å². The van der Waals surface area contributed by atoms with E-state index >= 15 is 0 Å². The van der Waals surface area contributed by atoms with E-state index in [-0.39, 0.29) is 13.0 Å². The van der Waals surface area contributed by atoms with Gasteiger partial charge in [0.05, 0.1) is 0 Å². The Morgan fingerprint density at radius 3 is 2.55 bits per heavy atom. The van der Waals surface area contributed by atoms with Gasteiger partial charge in [-0.3, -0.25) is 0 Å². The van der Waals surface area contributed by atoms with Gasteiger partial charge in [0, 0.05) is 26.6 Å². The highest BCUT2D eigenvalue weighted by Crippen LogP contribution is 2.09. The molecule has 0 radical (unpaired) electrons. The molecule has 0 spiro atoms. The molecule has 3 N–H and O–H groups in total. The minimum atomic E-state index is -1.16. The third kappa shape index (κ3) is 4.55. The van der Waals surface area contributed by atoms with Gasteiger partial charge >= 0.3 is 12.0 Å². The van der Waals surface area contributed by atoms with E-state index in [1.54, 1.807) is 7.05 Å². The van der Waals surface area contributed by atoms with E-state index in [1.807, 2.05) is 31.2 Å². The van der Waals surface area contributed by atoms with E-state index < -0.39 is 18.0 Å². The fourth-order valence-electron chi connectivity index (χ4n) is 1.76. The van der Waals surface area contributed by atoms with Crippen LogP contribution in [-0.4, -0.2) is 46.8 Å². The van der Waals surface area contributed by atoms with E-state index in [0.717, 1.165) is 11.1 Å². The van der Waals surface area contributed by atoms with Gasteiger partial charge in [0.1, 0.15) is 6.04 Å². The molecule has 2 amide bonds. The van der Waals surface area contributed by atoms with Crippen LogP contribution >= 0.6 is 0 Å². The van der Waals surface area contributed by atoms with Crippen LogP contribution in [0.25, 0.3) is 0 Å². The molecule has 0 aromatic heterocycles. The zero-order chi connectivity index (χ0) is 15.1. The van der Waals surface area contributed by atoms with Crippen LogP contribution in [0.1, 0.15) is 17.5 Å². The number of benzene rings is 1. The fourth-order valence-corrected chi connectivity index (χ4v) is 1.76. The number of aliphatic carboxylic acids is 1. The zero-order valence-corrected chi connectivity index (χ0v) is 11.7. The summed E-state index contributed by atoms with van der Waals surface area (Å²) < 4.78 is 0. The SMILES string of the molecule is Cc1ccccc1CN(C)C(=O)NC(CCO)C(=O)O. The smallest absolute Gasteiger partial charge is 0.326 e. The average Bonchev–Trinajstić information content (AvgIpc) is 2.40. The second-order valence-electron chi connectivity index (χ2n) is 4.64. The van der Waals surface area contributed by atoms with Crippen molar-refractivity contribution >= 4 is 12.0 Å². The summed E-state index contributed by atoms with van der Waals surface area (Å²) in [4.78, 5) is 24.2. The van der Waals surface area contributed by atoms with Gasteiger partial charge in [-0.15, -0.1) is 0 Å². The molecule has 110 valence electrons. The highest BCUT2D eigenvalue weighted by atomic mass is 16.4. The number of amides is 2. The molecule has 6 heteroatoms. The average molecular weight is 280 g/mol. The van der Waals surface area contributed by atoms with Gasteiger partial charge in [0.25, 0.3) is 0 Å². The molecule has 1 aromatic rings. The number of carbonyl (C=O) groups is 2. The first-order chi connectivity index (χ1) is 9.45. The Labute approximate surface area is 118 Å². The Bertz CT molecular complexity index is 476. The minimum absolute atomic E-state index is 0.0146. The normalized spacial score (nSPS) is 11.8. The number of carboxylic acid groups (broad SMARTS) is 1.